The molecule has 0 aliphatic heterocycles. The fourth-order valence-corrected chi connectivity index (χ4v) is 3.26. The minimum Gasteiger partial charge on any atom is -0.494 e. The molecule has 144 valence electrons. The van der Waals surface area contributed by atoms with E-state index in [-0.39, 0.29) is 11.7 Å². The minimum atomic E-state index is -0.0788. The second kappa shape index (κ2) is 10.6. The molecule has 0 bridgehead atoms. The molecule has 1 N–H and O–H groups in total. The van der Waals surface area contributed by atoms with Crippen molar-refractivity contribution in [3.63, 3.8) is 0 Å². The lowest BCUT2D eigenvalue weighted by molar-refractivity contribution is -0.113. The first-order chi connectivity index (χ1) is 13.0. The van der Waals surface area contributed by atoms with Crippen molar-refractivity contribution in [1.82, 2.24) is 0 Å². The van der Waals surface area contributed by atoms with Crippen molar-refractivity contribution >= 4 is 29.1 Å². The largest absolute Gasteiger partial charge is 0.494 e. The van der Waals surface area contributed by atoms with Gasteiger partial charge in [-0.15, -0.1) is 11.8 Å². The first-order valence-electron chi connectivity index (χ1n) is 8.90. The summed E-state index contributed by atoms with van der Waals surface area (Å²) < 4.78 is 11.0. The number of rotatable bonds is 10. The summed E-state index contributed by atoms with van der Waals surface area (Å²) >= 11 is 1.48. The molecule has 2 aromatic carbocycles. The van der Waals surface area contributed by atoms with Gasteiger partial charge in [-0.2, -0.15) is 0 Å². The smallest absolute Gasteiger partial charge is 0.234 e. The van der Waals surface area contributed by atoms with Crippen molar-refractivity contribution < 1.29 is 19.1 Å². The third kappa shape index (κ3) is 6.64. The van der Waals surface area contributed by atoms with Crippen LogP contribution in [0.3, 0.4) is 0 Å². The van der Waals surface area contributed by atoms with Gasteiger partial charge in [0.1, 0.15) is 11.5 Å². The van der Waals surface area contributed by atoms with E-state index in [0.717, 1.165) is 22.7 Å². The van der Waals surface area contributed by atoms with Crippen molar-refractivity contribution in [2.75, 3.05) is 24.3 Å². The summed E-state index contributed by atoms with van der Waals surface area (Å²) in [5.74, 6) is 2.36. The van der Waals surface area contributed by atoms with Crippen molar-refractivity contribution in [2.24, 2.45) is 0 Å². The first-order valence-corrected chi connectivity index (χ1v) is 10.1. The third-order valence-corrected chi connectivity index (χ3v) is 4.69. The van der Waals surface area contributed by atoms with E-state index in [1.165, 1.54) is 18.7 Å². The average Bonchev–Trinajstić information content (AvgIpc) is 2.65. The summed E-state index contributed by atoms with van der Waals surface area (Å²) in [5, 5.41) is 2.87. The Balaban J connectivity index is 1.90. The molecule has 1 amide bonds. The Bertz CT molecular complexity index is 774. The maximum absolute atomic E-state index is 12.2. The van der Waals surface area contributed by atoms with E-state index in [1.54, 1.807) is 6.07 Å². The summed E-state index contributed by atoms with van der Waals surface area (Å²) in [5.41, 5.74) is 2.30. The summed E-state index contributed by atoms with van der Waals surface area (Å²) in [6, 6.07) is 12.7. The van der Waals surface area contributed by atoms with Crippen molar-refractivity contribution in [3.05, 3.63) is 53.6 Å². The molecule has 5 nitrogen and oxygen atoms in total. The predicted octanol–water partition coefficient (Wildman–Crippen LogP) is 4.56. The van der Waals surface area contributed by atoms with E-state index in [1.807, 2.05) is 50.2 Å². The quantitative estimate of drug-likeness (QED) is 0.606. The number of nitrogens with one attached hydrogen (secondary N) is 1. The Morgan fingerprint density at radius 2 is 1.70 bits per heavy atom. The fraction of sp³-hybridized carbons (Fsp3) is 0.333. The number of thioether (sulfide) groups is 1. The van der Waals surface area contributed by atoms with Gasteiger partial charge in [0, 0.05) is 22.6 Å². The van der Waals surface area contributed by atoms with E-state index in [0.29, 0.717) is 30.3 Å². The maximum atomic E-state index is 12.2. The lowest BCUT2D eigenvalue weighted by Gasteiger charge is -2.11. The fourth-order valence-electron chi connectivity index (χ4n) is 2.46. The van der Waals surface area contributed by atoms with E-state index >= 15 is 0 Å². The van der Waals surface area contributed by atoms with Gasteiger partial charge in [-0.1, -0.05) is 0 Å². The third-order valence-electron chi connectivity index (χ3n) is 3.71. The Morgan fingerprint density at radius 3 is 2.33 bits per heavy atom. The van der Waals surface area contributed by atoms with Crippen LogP contribution < -0.4 is 14.8 Å². The van der Waals surface area contributed by atoms with Gasteiger partial charge >= 0.3 is 0 Å². The van der Waals surface area contributed by atoms with Gasteiger partial charge < -0.3 is 14.8 Å². The predicted molar refractivity (Wildman–Crippen MR) is 110 cm³/mol. The monoisotopic (exact) mass is 387 g/mol. The first kappa shape index (κ1) is 20.8. The highest BCUT2D eigenvalue weighted by molar-refractivity contribution is 7.99. The van der Waals surface area contributed by atoms with Crippen LogP contribution in [0, 0.1) is 0 Å². The number of hydrogen-bond donors (Lipinski definition) is 1. The van der Waals surface area contributed by atoms with Crippen LogP contribution in [0.1, 0.15) is 36.7 Å². The van der Waals surface area contributed by atoms with Gasteiger partial charge in [0.05, 0.1) is 19.0 Å². The minimum absolute atomic E-state index is 0.0116. The van der Waals surface area contributed by atoms with Gasteiger partial charge in [0.2, 0.25) is 5.91 Å². The number of hydrogen-bond acceptors (Lipinski definition) is 5. The van der Waals surface area contributed by atoms with Crippen molar-refractivity contribution in [3.8, 4) is 11.5 Å². The van der Waals surface area contributed by atoms with Crippen LogP contribution in [-0.4, -0.2) is 30.7 Å². The number of carbonyl (C=O) groups excluding carboxylic acids is 2. The lowest BCUT2D eigenvalue weighted by atomic mass is 10.1. The molecule has 0 heterocycles. The zero-order valence-corrected chi connectivity index (χ0v) is 16.7. The summed E-state index contributed by atoms with van der Waals surface area (Å²) in [4.78, 5) is 23.7. The van der Waals surface area contributed by atoms with Gasteiger partial charge in [0.25, 0.3) is 0 Å². The van der Waals surface area contributed by atoms with Gasteiger partial charge in [-0.05, 0) is 63.2 Å². The molecule has 0 radical (unpaired) electrons. The van der Waals surface area contributed by atoms with Gasteiger partial charge in [-0.3, -0.25) is 9.59 Å². The Kier molecular flexibility index (Phi) is 8.20. The highest BCUT2D eigenvalue weighted by Gasteiger charge is 2.10. The zero-order valence-electron chi connectivity index (χ0n) is 15.9. The molecular formula is C21H25NO4S. The summed E-state index contributed by atoms with van der Waals surface area (Å²) in [6.45, 7) is 6.54. The standard InChI is InChI=1S/C21H25NO4S/c1-4-25-19-9-7-18(8-10-19)22-21(24)14-27-13-17-12-16(15(3)23)6-11-20(17)26-5-2/h6-12H,4-5,13-14H2,1-3H3,(H,22,24). The molecular weight excluding hydrogens is 362 g/mol. The number of ketones is 1. The Morgan fingerprint density at radius 1 is 1.00 bits per heavy atom. The number of benzene rings is 2. The molecule has 0 atom stereocenters. The SMILES string of the molecule is CCOc1ccc(NC(=O)CSCc2cc(C(C)=O)ccc2OCC)cc1. The van der Waals surface area contributed by atoms with E-state index in [4.69, 9.17) is 9.47 Å². The van der Waals surface area contributed by atoms with Gasteiger partial charge in [0.15, 0.2) is 5.78 Å². The van der Waals surface area contributed by atoms with Crippen LogP contribution in [0.2, 0.25) is 0 Å². The zero-order chi connectivity index (χ0) is 19.6. The lowest BCUT2D eigenvalue weighted by Crippen LogP contribution is -2.14. The van der Waals surface area contributed by atoms with Gasteiger partial charge in [-0.25, -0.2) is 0 Å². The van der Waals surface area contributed by atoms with Crippen LogP contribution in [-0.2, 0) is 10.5 Å². The van der Waals surface area contributed by atoms with E-state index in [9.17, 15) is 9.59 Å². The number of anilines is 1. The van der Waals surface area contributed by atoms with Crippen LogP contribution >= 0.6 is 11.8 Å². The highest BCUT2D eigenvalue weighted by Crippen LogP contribution is 2.25. The number of Topliss-reactive ketones (excluding diaryl/α,β-unsaturated/α-hetero) is 1. The number of carbonyl (C=O) groups is 2. The molecule has 0 saturated heterocycles. The van der Waals surface area contributed by atoms with E-state index < -0.39 is 0 Å². The normalized spacial score (nSPS) is 10.3. The van der Waals surface area contributed by atoms with E-state index in [2.05, 4.69) is 5.32 Å². The molecule has 0 saturated carbocycles. The molecule has 2 aromatic rings. The topological polar surface area (TPSA) is 64.6 Å². The van der Waals surface area contributed by atoms with Crippen LogP contribution in [0.25, 0.3) is 0 Å². The maximum Gasteiger partial charge on any atom is 0.234 e. The molecule has 0 spiro atoms. The van der Waals surface area contributed by atoms with Crippen molar-refractivity contribution in [1.29, 1.82) is 0 Å². The molecule has 6 heteroatoms. The second-order valence-electron chi connectivity index (χ2n) is 5.81. The molecule has 27 heavy (non-hydrogen) atoms. The van der Waals surface area contributed by atoms with Crippen LogP contribution in [0.15, 0.2) is 42.5 Å². The highest BCUT2D eigenvalue weighted by atomic mass is 32.2. The molecule has 0 fully saturated rings. The molecule has 0 aliphatic rings. The average molecular weight is 388 g/mol. The molecule has 2 rings (SSSR count). The Hall–Kier alpha value is -2.47. The molecule has 0 aliphatic carbocycles. The van der Waals surface area contributed by atoms with Crippen molar-refractivity contribution in [2.45, 2.75) is 26.5 Å². The van der Waals surface area contributed by atoms with Crippen LogP contribution in [0.5, 0.6) is 11.5 Å². The number of ether oxygens (including phenoxy) is 2. The summed E-state index contributed by atoms with van der Waals surface area (Å²) in [6.07, 6.45) is 0. The number of amides is 1. The summed E-state index contributed by atoms with van der Waals surface area (Å²) in [7, 11) is 0. The molecule has 0 unspecified atom stereocenters. The Labute approximate surface area is 164 Å². The molecule has 0 aromatic heterocycles. The van der Waals surface area contributed by atoms with Crippen LogP contribution in [0.4, 0.5) is 5.69 Å². The second-order valence-corrected chi connectivity index (χ2v) is 6.80.